The van der Waals surface area contributed by atoms with E-state index in [9.17, 15) is 4.79 Å². The van der Waals surface area contributed by atoms with Crippen molar-refractivity contribution in [2.45, 2.75) is 13.3 Å². The number of hydrogen-bond acceptors (Lipinski definition) is 3. The molecule has 1 fully saturated rings. The molecular formula is C21H26Cl2N4O. The van der Waals surface area contributed by atoms with Crippen LogP contribution in [-0.4, -0.2) is 50.7 Å². The topological polar surface area (TPSA) is 47.6 Å². The Labute approximate surface area is 176 Å². The predicted molar refractivity (Wildman–Crippen MR) is 118 cm³/mol. The Hall–Kier alpha value is -1.95. The highest BCUT2D eigenvalue weighted by molar-refractivity contribution is 6.35. The molecule has 2 aromatic rings. The molecule has 1 aliphatic heterocycles. The van der Waals surface area contributed by atoms with E-state index in [0.717, 1.165) is 43.0 Å². The SMILES string of the molecule is Cc1cc(N2CCN(C)CC2)ccc1NC(=O)NCCc1ccc(Cl)cc1Cl. The van der Waals surface area contributed by atoms with Gasteiger partial charge in [-0.1, -0.05) is 29.3 Å². The van der Waals surface area contributed by atoms with Crippen LogP contribution in [0.2, 0.25) is 10.0 Å². The minimum absolute atomic E-state index is 0.222. The summed E-state index contributed by atoms with van der Waals surface area (Å²) in [5, 5.41) is 7.02. The number of carbonyl (C=O) groups is 1. The van der Waals surface area contributed by atoms with Gasteiger partial charge in [-0.05, 0) is 61.9 Å². The van der Waals surface area contributed by atoms with Gasteiger partial charge in [-0.3, -0.25) is 0 Å². The highest BCUT2D eigenvalue weighted by Crippen LogP contribution is 2.24. The van der Waals surface area contributed by atoms with E-state index in [1.54, 1.807) is 12.1 Å². The molecule has 0 aromatic heterocycles. The van der Waals surface area contributed by atoms with Crippen LogP contribution in [-0.2, 0) is 6.42 Å². The highest BCUT2D eigenvalue weighted by Gasteiger charge is 2.15. The number of anilines is 2. The van der Waals surface area contributed by atoms with Crippen LogP contribution in [0.5, 0.6) is 0 Å². The van der Waals surface area contributed by atoms with Crippen LogP contribution in [0.3, 0.4) is 0 Å². The molecule has 3 rings (SSSR count). The molecule has 0 aliphatic carbocycles. The summed E-state index contributed by atoms with van der Waals surface area (Å²) in [6.45, 7) is 6.69. The fourth-order valence-corrected chi connectivity index (χ4v) is 3.75. The maximum absolute atomic E-state index is 12.2. The third kappa shape index (κ3) is 5.53. The van der Waals surface area contributed by atoms with Gasteiger partial charge in [0, 0.05) is 54.1 Å². The molecule has 0 bridgehead atoms. The number of benzene rings is 2. The molecule has 0 saturated carbocycles. The summed E-state index contributed by atoms with van der Waals surface area (Å²) >= 11 is 12.1. The van der Waals surface area contributed by atoms with Crippen molar-refractivity contribution in [3.63, 3.8) is 0 Å². The zero-order chi connectivity index (χ0) is 20.1. The average Bonchev–Trinajstić information content (AvgIpc) is 2.66. The zero-order valence-corrected chi connectivity index (χ0v) is 17.8. The van der Waals surface area contributed by atoms with Crippen molar-refractivity contribution in [3.8, 4) is 0 Å². The fourth-order valence-electron chi connectivity index (χ4n) is 3.25. The van der Waals surface area contributed by atoms with Gasteiger partial charge in [0.05, 0.1) is 0 Å². The van der Waals surface area contributed by atoms with Gasteiger partial charge in [0.25, 0.3) is 0 Å². The van der Waals surface area contributed by atoms with E-state index in [2.05, 4.69) is 39.6 Å². The van der Waals surface area contributed by atoms with E-state index < -0.39 is 0 Å². The minimum atomic E-state index is -0.222. The number of halogens is 2. The molecule has 28 heavy (non-hydrogen) atoms. The summed E-state index contributed by atoms with van der Waals surface area (Å²) in [4.78, 5) is 16.9. The largest absolute Gasteiger partial charge is 0.369 e. The standard InChI is InChI=1S/C21H26Cl2N4O/c1-15-13-18(27-11-9-26(2)10-12-27)5-6-20(15)25-21(28)24-8-7-16-3-4-17(22)14-19(16)23/h3-6,13-14H,7-12H2,1-2H3,(H2,24,25,28). The molecule has 0 radical (unpaired) electrons. The molecule has 0 atom stereocenters. The van der Waals surface area contributed by atoms with Crippen molar-refractivity contribution in [1.29, 1.82) is 0 Å². The molecule has 5 nitrogen and oxygen atoms in total. The number of piperazine rings is 1. The molecule has 7 heteroatoms. The van der Waals surface area contributed by atoms with Crippen molar-refractivity contribution in [3.05, 3.63) is 57.6 Å². The van der Waals surface area contributed by atoms with Gasteiger partial charge in [0.2, 0.25) is 0 Å². The lowest BCUT2D eigenvalue weighted by atomic mass is 10.1. The van der Waals surface area contributed by atoms with Gasteiger partial charge in [-0.2, -0.15) is 0 Å². The predicted octanol–water partition coefficient (Wildman–Crippen LogP) is 4.42. The summed E-state index contributed by atoms with van der Waals surface area (Å²) in [5.74, 6) is 0. The number of nitrogens with one attached hydrogen (secondary N) is 2. The Bertz CT molecular complexity index is 835. The molecule has 1 saturated heterocycles. The lowest BCUT2D eigenvalue weighted by Crippen LogP contribution is -2.44. The maximum atomic E-state index is 12.2. The third-order valence-electron chi connectivity index (χ3n) is 5.02. The van der Waals surface area contributed by atoms with Crippen LogP contribution < -0.4 is 15.5 Å². The Morgan fingerprint density at radius 3 is 2.50 bits per heavy atom. The molecule has 1 heterocycles. The maximum Gasteiger partial charge on any atom is 0.319 e. The smallest absolute Gasteiger partial charge is 0.319 e. The molecule has 1 aliphatic rings. The Morgan fingerprint density at radius 2 is 1.82 bits per heavy atom. The Morgan fingerprint density at radius 1 is 1.07 bits per heavy atom. The second kappa shape index (κ2) is 9.50. The number of amides is 2. The summed E-state index contributed by atoms with van der Waals surface area (Å²) < 4.78 is 0. The average molecular weight is 421 g/mol. The van der Waals surface area contributed by atoms with Crippen molar-refractivity contribution >= 4 is 40.6 Å². The van der Waals surface area contributed by atoms with Crippen LogP contribution in [0.1, 0.15) is 11.1 Å². The molecule has 150 valence electrons. The van der Waals surface area contributed by atoms with Crippen LogP contribution in [0.15, 0.2) is 36.4 Å². The number of hydrogen-bond donors (Lipinski definition) is 2. The number of rotatable bonds is 5. The molecular weight excluding hydrogens is 395 g/mol. The first-order valence-electron chi connectivity index (χ1n) is 9.45. The molecule has 2 aromatic carbocycles. The van der Waals surface area contributed by atoms with Gasteiger partial charge >= 0.3 is 6.03 Å². The number of nitrogens with zero attached hydrogens (tertiary/aromatic N) is 2. The first-order valence-corrected chi connectivity index (χ1v) is 10.2. The minimum Gasteiger partial charge on any atom is -0.369 e. The Balaban J connectivity index is 1.51. The van der Waals surface area contributed by atoms with E-state index in [1.807, 2.05) is 19.1 Å². The summed E-state index contributed by atoms with van der Waals surface area (Å²) in [6.07, 6.45) is 0.644. The summed E-state index contributed by atoms with van der Waals surface area (Å²) in [7, 11) is 2.15. The van der Waals surface area contributed by atoms with E-state index in [-0.39, 0.29) is 6.03 Å². The highest BCUT2D eigenvalue weighted by atomic mass is 35.5. The van der Waals surface area contributed by atoms with Gasteiger partial charge in [-0.15, -0.1) is 0 Å². The van der Waals surface area contributed by atoms with Gasteiger partial charge in [-0.25, -0.2) is 4.79 Å². The lowest BCUT2D eigenvalue weighted by molar-refractivity contribution is 0.252. The van der Waals surface area contributed by atoms with Crippen molar-refractivity contribution in [2.75, 3.05) is 50.0 Å². The number of likely N-dealkylation sites (N-methyl/N-ethyl adjacent to an activating group) is 1. The molecule has 2 amide bonds. The number of carbonyl (C=O) groups excluding carboxylic acids is 1. The second-order valence-corrected chi connectivity index (χ2v) is 8.00. The summed E-state index contributed by atoms with van der Waals surface area (Å²) in [6, 6.07) is 11.3. The van der Waals surface area contributed by atoms with E-state index in [0.29, 0.717) is 23.0 Å². The number of aryl methyl sites for hydroxylation is 1. The van der Waals surface area contributed by atoms with Gasteiger partial charge < -0.3 is 20.4 Å². The van der Waals surface area contributed by atoms with Crippen molar-refractivity contribution in [2.24, 2.45) is 0 Å². The van der Waals surface area contributed by atoms with Crippen LogP contribution in [0.25, 0.3) is 0 Å². The van der Waals surface area contributed by atoms with Crippen LogP contribution >= 0.6 is 23.2 Å². The third-order valence-corrected chi connectivity index (χ3v) is 5.61. The lowest BCUT2D eigenvalue weighted by Gasteiger charge is -2.34. The molecule has 0 unspecified atom stereocenters. The first-order chi connectivity index (χ1) is 13.4. The van der Waals surface area contributed by atoms with Crippen LogP contribution in [0.4, 0.5) is 16.2 Å². The van der Waals surface area contributed by atoms with Crippen molar-refractivity contribution in [1.82, 2.24) is 10.2 Å². The van der Waals surface area contributed by atoms with E-state index in [4.69, 9.17) is 23.2 Å². The fraction of sp³-hybridized carbons (Fsp3) is 0.381. The monoisotopic (exact) mass is 420 g/mol. The molecule has 2 N–H and O–H groups in total. The Kier molecular flexibility index (Phi) is 7.05. The molecule has 0 spiro atoms. The normalized spacial score (nSPS) is 14.8. The van der Waals surface area contributed by atoms with Crippen molar-refractivity contribution < 1.29 is 4.79 Å². The van der Waals surface area contributed by atoms with Gasteiger partial charge in [0.1, 0.15) is 0 Å². The number of urea groups is 1. The quantitative estimate of drug-likeness (QED) is 0.752. The van der Waals surface area contributed by atoms with E-state index >= 15 is 0 Å². The zero-order valence-electron chi connectivity index (χ0n) is 16.3. The van der Waals surface area contributed by atoms with Gasteiger partial charge in [0.15, 0.2) is 0 Å². The second-order valence-electron chi connectivity index (χ2n) is 7.16. The van der Waals surface area contributed by atoms with E-state index in [1.165, 1.54) is 5.69 Å². The summed E-state index contributed by atoms with van der Waals surface area (Å²) in [5.41, 5.74) is 4.03. The first kappa shape index (κ1) is 20.8. The van der Waals surface area contributed by atoms with Crippen LogP contribution in [0, 0.1) is 6.92 Å².